The van der Waals surface area contributed by atoms with E-state index in [1.807, 2.05) is 62.6 Å². The van der Waals surface area contributed by atoms with Crippen molar-refractivity contribution in [3.63, 3.8) is 0 Å². The van der Waals surface area contributed by atoms with Gasteiger partial charge in [-0.3, -0.25) is 9.67 Å². The fourth-order valence-electron chi connectivity index (χ4n) is 2.51. The topological polar surface area (TPSA) is 75.5 Å². The molecule has 0 spiro atoms. The molecule has 7 nitrogen and oxygen atoms in total. The van der Waals surface area contributed by atoms with E-state index in [0.717, 1.165) is 32.9 Å². The second kappa shape index (κ2) is 6.14. The quantitative estimate of drug-likeness (QED) is 0.611. The maximum atomic E-state index is 4.50. The summed E-state index contributed by atoms with van der Waals surface area (Å²) < 4.78 is 2.06. The van der Waals surface area contributed by atoms with E-state index in [1.165, 1.54) is 0 Å². The maximum Gasteiger partial charge on any atom is 0.185 e. The molecule has 126 valence electrons. The number of benzene rings is 1. The molecule has 3 aromatic heterocycles. The van der Waals surface area contributed by atoms with Crippen LogP contribution in [0.25, 0.3) is 27.8 Å². The SMILES string of the molecule is Cc1nc(-c2ccc(-n3ccnc3-c3cnc(N(C)C)s3)cc2)n[nH]1. The number of anilines is 1. The molecule has 0 fully saturated rings. The van der Waals surface area contributed by atoms with Crippen LogP contribution >= 0.6 is 11.3 Å². The molecule has 0 aliphatic heterocycles. The van der Waals surface area contributed by atoms with Crippen LogP contribution in [-0.2, 0) is 0 Å². The van der Waals surface area contributed by atoms with E-state index in [0.29, 0.717) is 5.82 Å². The molecular weight excluding hydrogens is 334 g/mol. The van der Waals surface area contributed by atoms with Gasteiger partial charge in [0, 0.05) is 37.7 Å². The van der Waals surface area contributed by atoms with Gasteiger partial charge < -0.3 is 4.90 Å². The summed E-state index contributed by atoms with van der Waals surface area (Å²) in [5.41, 5.74) is 2.01. The zero-order valence-electron chi connectivity index (χ0n) is 14.1. The molecule has 0 saturated carbocycles. The first kappa shape index (κ1) is 15.5. The number of aryl methyl sites for hydroxylation is 1. The molecule has 0 atom stereocenters. The summed E-state index contributed by atoms with van der Waals surface area (Å²) in [5, 5.41) is 8.02. The molecule has 0 aliphatic rings. The first-order chi connectivity index (χ1) is 12.1. The summed E-state index contributed by atoms with van der Waals surface area (Å²) in [6.45, 7) is 1.89. The highest BCUT2D eigenvalue weighted by Gasteiger charge is 2.13. The molecule has 0 bridgehead atoms. The highest BCUT2D eigenvalue weighted by atomic mass is 32.1. The van der Waals surface area contributed by atoms with Crippen LogP contribution in [0.15, 0.2) is 42.9 Å². The number of imidazole rings is 1. The summed E-state index contributed by atoms with van der Waals surface area (Å²) in [4.78, 5) is 16.3. The molecule has 0 radical (unpaired) electrons. The monoisotopic (exact) mass is 351 g/mol. The summed E-state index contributed by atoms with van der Waals surface area (Å²) in [6, 6.07) is 8.11. The number of H-pyrrole nitrogens is 1. The summed E-state index contributed by atoms with van der Waals surface area (Å²) >= 11 is 1.62. The third-order valence-electron chi connectivity index (χ3n) is 3.74. The van der Waals surface area contributed by atoms with Crippen LogP contribution < -0.4 is 4.90 Å². The molecule has 1 N–H and O–H groups in total. The second-order valence-electron chi connectivity index (χ2n) is 5.81. The predicted molar refractivity (Wildman–Crippen MR) is 99.1 cm³/mol. The van der Waals surface area contributed by atoms with Gasteiger partial charge in [-0.1, -0.05) is 11.3 Å². The molecule has 25 heavy (non-hydrogen) atoms. The minimum Gasteiger partial charge on any atom is -0.354 e. The molecule has 4 rings (SSSR count). The number of nitrogens with one attached hydrogen (secondary N) is 1. The Bertz CT molecular complexity index is 994. The Morgan fingerprint density at radius 2 is 1.92 bits per heavy atom. The third kappa shape index (κ3) is 2.91. The van der Waals surface area contributed by atoms with Gasteiger partial charge in [-0.15, -0.1) is 0 Å². The van der Waals surface area contributed by atoms with Gasteiger partial charge in [0.2, 0.25) is 0 Å². The van der Waals surface area contributed by atoms with E-state index >= 15 is 0 Å². The van der Waals surface area contributed by atoms with Crippen LogP contribution in [0.4, 0.5) is 5.13 Å². The highest BCUT2D eigenvalue weighted by Crippen LogP contribution is 2.30. The largest absolute Gasteiger partial charge is 0.354 e. The van der Waals surface area contributed by atoms with Crippen LogP contribution in [-0.4, -0.2) is 43.8 Å². The zero-order chi connectivity index (χ0) is 17.4. The Hall–Kier alpha value is -3.00. The van der Waals surface area contributed by atoms with Gasteiger partial charge in [0.05, 0.1) is 11.1 Å². The lowest BCUT2D eigenvalue weighted by atomic mass is 10.2. The fraction of sp³-hybridized carbons (Fsp3) is 0.176. The zero-order valence-corrected chi connectivity index (χ0v) is 14.9. The van der Waals surface area contributed by atoms with Gasteiger partial charge in [0.1, 0.15) is 5.82 Å². The van der Waals surface area contributed by atoms with Crippen molar-refractivity contribution in [1.82, 2.24) is 29.7 Å². The average molecular weight is 351 g/mol. The molecule has 0 aliphatic carbocycles. The van der Waals surface area contributed by atoms with E-state index in [9.17, 15) is 0 Å². The van der Waals surface area contributed by atoms with Crippen molar-refractivity contribution in [2.24, 2.45) is 0 Å². The number of hydrogen-bond donors (Lipinski definition) is 1. The molecule has 0 saturated heterocycles. The molecule has 3 heterocycles. The Labute approximate surface area is 149 Å². The minimum absolute atomic E-state index is 0.702. The molecule has 8 heteroatoms. The fourth-order valence-corrected chi connectivity index (χ4v) is 3.34. The molecule has 0 unspecified atom stereocenters. The lowest BCUT2D eigenvalue weighted by Gasteiger charge is -2.07. The number of nitrogens with zero attached hydrogens (tertiary/aromatic N) is 6. The van der Waals surface area contributed by atoms with E-state index in [4.69, 9.17) is 0 Å². The maximum absolute atomic E-state index is 4.50. The van der Waals surface area contributed by atoms with Crippen LogP contribution in [0.3, 0.4) is 0 Å². The normalized spacial score (nSPS) is 11.0. The molecular formula is C17H17N7S. The first-order valence-corrected chi connectivity index (χ1v) is 8.60. The lowest BCUT2D eigenvalue weighted by Crippen LogP contribution is -2.07. The number of aromatic amines is 1. The first-order valence-electron chi connectivity index (χ1n) is 7.78. The lowest BCUT2D eigenvalue weighted by molar-refractivity contribution is 1.04. The smallest absolute Gasteiger partial charge is 0.185 e. The number of thiazole rings is 1. The van der Waals surface area contributed by atoms with Crippen molar-refractivity contribution in [3.8, 4) is 27.8 Å². The van der Waals surface area contributed by atoms with Crippen molar-refractivity contribution in [2.45, 2.75) is 6.92 Å². The van der Waals surface area contributed by atoms with Gasteiger partial charge in [0.15, 0.2) is 16.8 Å². The molecule has 1 aromatic carbocycles. The van der Waals surface area contributed by atoms with Crippen LogP contribution in [0.1, 0.15) is 5.82 Å². The van der Waals surface area contributed by atoms with Gasteiger partial charge >= 0.3 is 0 Å². The van der Waals surface area contributed by atoms with Gasteiger partial charge in [-0.25, -0.2) is 15.0 Å². The van der Waals surface area contributed by atoms with E-state index < -0.39 is 0 Å². The van der Waals surface area contributed by atoms with Gasteiger partial charge in [-0.2, -0.15) is 5.10 Å². The third-order valence-corrected chi connectivity index (χ3v) is 4.90. The van der Waals surface area contributed by atoms with Crippen molar-refractivity contribution >= 4 is 16.5 Å². The Morgan fingerprint density at radius 1 is 1.12 bits per heavy atom. The van der Waals surface area contributed by atoms with Crippen molar-refractivity contribution in [1.29, 1.82) is 0 Å². The van der Waals surface area contributed by atoms with Crippen LogP contribution in [0, 0.1) is 6.92 Å². The Balaban J connectivity index is 1.67. The Kier molecular flexibility index (Phi) is 3.81. The minimum atomic E-state index is 0.702. The average Bonchev–Trinajstić information content (AvgIpc) is 3.34. The van der Waals surface area contributed by atoms with E-state index in [1.54, 1.807) is 17.5 Å². The van der Waals surface area contributed by atoms with E-state index in [2.05, 4.69) is 29.7 Å². The van der Waals surface area contributed by atoms with Crippen molar-refractivity contribution < 1.29 is 0 Å². The van der Waals surface area contributed by atoms with Crippen molar-refractivity contribution in [2.75, 3.05) is 19.0 Å². The molecule has 4 aromatic rings. The number of aromatic nitrogens is 6. The van der Waals surface area contributed by atoms with Gasteiger partial charge in [0.25, 0.3) is 0 Å². The van der Waals surface area contributed by atoms with Crippen LogP contribution in [0.2, 0.25) is 0 Å². The number of hydrogen-bond acceptors (Lipinski definition) is 6. The van der Waals surface area contributed by atoms with Crippen LogP contribution in [0.5, 0.6) is 0 Å². The summed E-state index contributed by atoms with van der Waals surface area (Å²) in [7, 11) is 3.97. The standard InChI is InChI=1S/C17H17N7S/c1-11-20-15(22-21-11)12-4-6-13(7-5-12)24-9-8-18-16(24)14-10-19-17(25-14)23(2)3/h4-10H,1-3H3,(H,20,21,22). The number of rotatable bonds is 4. The predicted octanol–water partition coefficient (Wildman–Crippen LogP) is 3.16. The van der Waals surface area contributed by atoms with E-state index in [-0.39, 0.29) is 0 Å². The second-order valence-corrected chi connectivity index (χ2v) is 6.82. The highest BCUT2D eigenvalue weighted by molar-refractivity contribution is 7.18. The van der Waals surface area contributed by atoms with Gasteiger partial charge in [-0.05, 0) is 31.2 Å². The summed E-state index contributed by atoms with van der Waals surface area (Å²) in [5.74, 6) is 2.39. The summed E-state index contributed by atoms with van der Waals surface area (Å²) in [6.07, 6.45) is 5.62. The van der Waals surface area contributed by atoms with Crippen molar-refractivity contribution in [3.05, 3.63) is 48.7 Å². The Morgan fingerprint density at radius 3 is 2.56 bits per heavy atom. The molecule has 0 amide bonds.